The zero-order valence-corrected chi connectivity index (χ0v) is 10.2. The largest absolute Gasteiger partial charge is 0.372 e. The number of para-hydroxylation sites is 1. The van der Waals surface area contributed by atoms with Crippen molar-refractivity contribution in [3.63, 3.8) is 0 Å². The van der Waals surface area contributed by atoms with Crippen molar-refractivity contribution < 1.29 is 4.52 Å². The first-order chi connectivity index (χ1) is 8.26. The van der Waals surface area contributed by atoms with E-state index < -0.39 is 0 Å². The molecule has 1 heterocycles. The van der Waals surface area contributed by atoms with Crippen LogP contribution in [-0.4, -0.2) is 18.2 Å². The summed E-state index contributed by atoms with van der Waals surface area (Å²) in [5, 5.41) is 3.97. The molecule has 0 amide bonds. The second-order valence-corrected chi connectivity index (χ2v) is 3.80. The van der Waals surface area contributed by atoms with Gasteiger partial charge in [-0.05, 0) is 19.9 Å². The second-order valence-electron chi connectivity index (χ2n) is 3.80. The van der Waals surface area contributed by atoms with Crippen LogP contribution in [0.3, 0.4) is 0 Å². The Balaban J connectivity index is 2.47. The number of rotatable bonds is 4. The van der Waals surface area contributed by atoms with Crippen LogP contribution < -0.4 is 10.6 Å². The average Bonchev–Trinajstić information content (AvgIpc) is 2.78. The highest BCUT2D eigenvalue weighted by Gasteiger charge is 2.12. The maximum absolute atomic E-state index is 5.56. The Labute approximate surface area is 101 Å². The summed E-state index contributed by atoms with van der Waals surface area (Å²) in [5.41, 5.74) is 8.56. The Bertz CT molecular complexity index is 489. The fraction of sp³-hybridized carbons (Fsp3) is 0.308. The normalized spacial score (nSPS) is 10.5. The lowest BCUT2D eigenvalue weighted by Gasteiger charge is -2.23. The van der Waals surface area contributed by atoms with Crippen LogP contribution in [0.4, 0.5) is 11.6 Å². The monoisotopic (exact) mass is 231 g/mol. The van der Waals surface area contributed by atoms with Gasteiger partial charge in [-0.15, -0.1) is 0 Å². The van der Waals surface area contributed by atoms with Crippen LogP contribution in [0.25, 0.3) is 11.3 Å². The molecule has 0 bridgehead atoms. The number of anilines is 2. The number of aromatic nitrogens is 1. The molecule has 2 rings (SSSR count). The van der Waals surface area contributed by atoms with E-state index in [1.54, 1.807) is 6.07 Å². The van der Waals surface area contributed by atoms with Gasteiger partial charge in [0.1, 0.15) is 5.69 Å². The van der Waals surface area contributed by atoms with Crippen LogP contribution >= 0.6 is 0 Å². The third-order valence-corrected chi connectivity index (χ3v) is 2.81. The molecule has 0 spiro atoms. The van der Waals surface area contributed by atoms with Crippen LogP contribution in [-0.2, 0) is 0 Å². The highest BCUT2D eigenvalue weighted by Crippen LogP contribution is 2.30. The maximum atomic E-state index is 5.56. The third-order valence-electron chi connectivity index (χ3n) is 2.81. The van der Waals surface area contributed by atoms with Gasteiger partial charge in [0.25, 0.3) is 0 Å². The lowest BCUT2D eigenvalue weighted by molar-refractivity contribution is 0.439. The Kier molecular flexibility index (Phi) is 3.32. The predicted molar refractivity (Wildman–Crippen MR) is 69.9 cm³/mol. The average molecular weight is 231 g/mol. The standard InChI is InChI=1S/C13H17N3O/c1-3-16(4-2)12-8-6-5-7-10(12)11-9-13(14)17-15-11/h5-9H,3-4,14H2,1-2H3. The van der Waals surface area contributed by atoms with E-state index in [4.69, 9.17) is 10.3 Å². The molecule has 0 aliphatic rings. The molecule has 4 heteroatoms. The van der Waals surface area contributed by atoms with Crippen LogP contribution in [0, 0.1) is 0 Å². The summed E-state index contributed by atoms with van der Waals surface area (Å²) < 4.78 is 4.93. The fourth-order valence-electron chi connectivity index (χ4n) is 1.95. The topological polar surface area (TPSA) is 55.3 Å². The number of nitrogens with zero attached hydrogens (tertiary/aromatic N) is 2. The van der Waals surface area contributed by atoms with Crippen molar-refractivity contribution in [1.29, 1.82) is 0 Å². The molecule has 0 aliphatic carbocycles. The van der Waals surface area contributed by atoms with Crippen LogP contribution in [0.2, 0.25) is 0 Å². The first-order valence-corrected chi connectivity index (χ1v) is 5.82. The minimum atomic E-state index is 0.342. The van der Waals surface area contributed by atoms with Gasteiger partial charge in [0.05, 0.1) is 0 Å². The molecule has 1 aromatic heterocycles. The summed E-state index contributed by atoms with van der Waals surface area (Å²) in [6.45, 7) is 6.19. The first-order valence-electron chi connectivity index (χ1n) is 5.82. The van der Waals surface area contributed by atoms with E-state index in [-0.39, 0.29) is 0 Å². The van der Waals surface area contributed by atoms with Gasteiger partial charge in [-0.25, -0.2) is 0 Å². The van der Waals surface area contributed by atoms with Crippen molar-refractivity contribution in [3.8, 4) is 11.3 Å². The van der Waals surface area contributed by atoms with Gasteiger partial charge < -0.3 is 15.2 Å². The predicted octanol–water partition coefficient (Wildman–Crippen LogP) is 2.77. The zero-order chi connectivity index (χ0) is 12.3. The van der Waals surface area contributed by atoms with Crippen LogP contribution in [0.5, 0.6) is 0 Å². The SMILES string of the molecule is CCN(CC)c1ccccc1-c1cc(N)on1. The summed E-state index contributed by atoms with van der Waals surface area (Å²) in [6, 6.07) is 9.90. The molecular formula is C13H17N3O. The van der Waals surface area contributed by atoms with E-state index in [0.29, 0.717) is 5.88 Å². The Morgan fingerprint density at radius 2 is 1.94 bits per heavy atom. The molecule has 2 aromatic rings. The summed E-state index contributed by atoms with van der Waals surface area (Å²) in [4.78, 5) is 2.28. The minimum Gasteiger partial charge on any atom is -0.372 e. The number of hydrogen-bond acceptors (Lipinski definition) is 4. The molecule has 0 saturated heterocycles. The van der Waals surface area contributed by atoms with Crippen LogP contribution in [0.1, 0.15) is 13.8 Å². The molecular weight excluding hydrogens is 214 g/mol. The Morgan fingerprint density at radius 1 is 1.24 bits per heavy atom. The lowest BCUT2D eigenvalue weighted by atomic mass is 10.1. The van der Waals surface area contributed by atoms with Gasteiger partial charge in [-0.1, -0.05) is 23.4 Å². The number of hydrogen-bond donors (Lipinski definition) is 1. The molecule has 0 radical (unpaired) electrons. The van der Waals surface area contributed by atoms with Gasteiger partial charge >= 0.3 is 0 Å². The van der Waals surface area contributed by atoms with Crippen molar-refractivity contribution in [2.75, 3.05) is 23.7 Å². The smallest absolute Gasteiger partial charge is 0.222 e. The highest BCUT2D eigenvalue weighted by atomic mass is 16.5. The third kappa shape index (κ3) is 2.25. The van der Waals surface area contributed by atoms with Crippen molar-refractivity contribution in [1.82, 2.24) is 5.16 Å². The molecule has 0 atom stereocenters. The van der Waals surface area contributed by atoms with Gasteiger partial charge in [-0.2, -0.15) is 0 Å². The zero-order valence-electron chi connectivity index (χ0n) is 10.2. The fourth-order valence-corrected chi connectivity index (χ4v) is 1.95. The van der Waals surface area contributed by atoms with E-state index in [1.807, 2.05) is 18.2 Å². The lowest BCUT2D eigenvalue weighted by Crippen LogP contribution is -2.22. The van der Waals surface area contributed by atoms with Gasteiger partial charge in [0, 0.05) is 30.4 Å². The minimum absolute atomic E-state index is 0.342. The van der Waals surface area contributed by atoms with E-state index in [1.165, 1.54) is 0 Å². The quantitative estimate of drug-likeness (QED) is 0.879. The summed E-state index contributed by atoms with van der Waals surface area (Å²) in [6.07, 6.45) is 0. The van der Waals surface area contributed by atoms with Crippen molar-refractivity contribution in [2.45, 2.75) is 13.8 Å². The molecule has 90 valence electrons. The van der Waals surface area contributed by atoms with Crippen molar-refractivity contribution in [3.05, 3.63) is 30.3 Å². The van der Waals surface area contributed by atoms with E-state index >= 15 is 0 Å². The van der Waals surface area contributed by atoms with E-state index in [0.717, 1.165) is 30.0 Å². The molecule has 2 N–H and O–H groups in total. The van der Waals surface area contributed by atoms with E-state index in [2.05, 4.69) is 30.0 Å². The highest BCUT2D eigenvalue weighted by molar-refractivity contribution is 5.77. The number of nitrogens with two attached hydrogens (primary N) is 1. The molecule has 1 aromatic carbocycles. The number of nitrogen functional groups attached to an aromatic ring is 1. The molecule has 17 heavy (non-hydrogen) atoms. The van der Waals surface area contributed by atoms with Gasteiger partial charge in [0.15, 0.2) is 0 Å². The molecule has 4 nitrogen and oxygen atoms in total. The summed E-state index contributed by atoms with van der Waals surface area (Å²) in [5.74, 6) is 0.342. The van der Waals surface area contributed by atoms with Crippen molar-refractivity contribution >= 4 is 11.6 Å². The number of benzene rings is 1. The molecule has 0 unspecified atom stereocenters. The van der Waals surface area contributed by atoms with Gasteiger partial charge in [-0.3, -0.25) is 0 Å². The van der Waals surface area contributed by atoms with Crippen molar-refractivity contribution in [2.24, 2.45) is 0 Å². The van der Waals surface area contributed by atoms with Gasteiger partial charge in [0.2, 0.25) is 5.88 Å². The van der Waals surface area contributed by atoms with E-state index in [9.17, 15) is 0 Å². The molecule has 0 saturated carbocycles. The molecule has 0 aliphatic heterocycles. The molecule has 0 fully saturated rings. The maximum Gasteiger partial charge on any atom is 0.222 e. The van der Waals surface area contributed by atoms with Crippen LogP contribution in [0.15, 0.2) is 34.9 Å². The Hall–Kier alpha value is -1.97. The first kappa shape index (κ1) is 11.5. The summed E-state index contributed by atoms with van der Waals surface area (Å²) >= 11 is 0. The second kappa shape index (κ2) is 4.91. The Morgan fingerprint density at radius 3 is 2.53 bits per heavy atom. The summed E-state index contributed by atoms with van der Waals surface area (Å²) in [7, 11) is 0.